The molecule has 1 rings (SSSR count). The molecule has 3 heteroatoms. The normalized spacial score (nSPS) is 16.8. The fourth-order valence-corrected chi connectivity index (χ4v) is 3.36. The highest BCUT2D eigenvalue weighted by Gasteiger charge is 2.33. The van der Waals surface area contributed by atoms with E-state index in [1.54, 1.807) is 11.3 Å². The molecule has 2 atom stereocenters. The highest BCUT2D eigenvalue weighted by atomic mass is 32.1. The summed E-state index contributed by atoms with van der Waals surface area (Å²) < 4.78 is 0. The Morgan fingerprint density at radius 3 is 2.53 bits per heavy atom. The van der Waals surface area contributed by atoms with Crippen molar-refractivity contribution in [2.75, 3.05) is 6.54 Å². The van der Waals surface area contributed by atoms with Gasteiger partial charge in [0.05, 0.1) is 5.54 Å². The monoisotopic (exact) mass is 254 g/mol. The Bertz CT molecular complexity index is 335. The van der Waals surface area contributed by atoms with E-state index >= 15 is 0 Å². The van der Waals surface area contributed by atoms with E-state index in [2.05, 4.69) is 45.3 Å². The Kier molecular flexibility index (Phi) is 5.60. The van der Waals surface area contributed by atoms with Crippen LogP contribution in [0.5, 0.6) is 0 Å². The molecule has 0 spiro atoms. The second-order valence-electron chi connectivity index (χ2n) is 4.98. The van der Waals surface area contributed by atoms with E-state index in [0.29, 0.717) is 0 Å². The molecule has 0 aliphatic heterocycles. The molecule has 0 bridgehead atoms. The second-order valence-corrected chi connectivity index (χ2v) is 5.84. The minimum Gasteiger partial charge on any atom is -0.306 e. The number of aromatic nitrogens is 1. The van der Waals surface area contributed by atoms with Gasteiger partial charge in [0.25, 0.3) is 0 Å². The zero-order valence-corrected chi connectivity index (χ0v) is 12.7. The molecule has 2 nitrogen and oxygen atoms in total. The first kappa shape index (κ1) is 14.7. The molecule has 1 N–H and O–H groups in total. The number of thiazole rings is 1. The van der Waals surface area contributed by atoms with Crippen LogP contribution in [0.1, 0.15) is 57.7 Å². The number of hydrogen-bond donors (Lipinski definition) is 1. The van der Waals surface area contributed by atoms with Crippen LogP contribution in [0.15, 0.2) is 5.38 Å². The predicted molar refractivity (Wildman–Crippen MR) is 76.6 cm³/mol. The number of rotatable bonds is 7. The van der Waals surface area contributed by atoms with E-state index < -0.39 is 0 Å². The summed E-state index contributed by atoms with van der Waals surface area (Å²) in [5.74, 6) is 0.734. The minimum atomic E-state index is 0.0864. The zero-order valence-electron chi connectivity index (χ0n) is 11.8. The van der Waals surface area contributed by atoms with Crippen molar-refractivity contribution in [3.8, 4) is 0 Å². The van der Waals surface area contributed by atoms with Crippen molar-refractivity contribution in [1.82, 2.24) is 10.3 Å². The van der Waals surface area contributed by atoms with E-state index in [4.69, 9.17) is 4.98 Å². The van der Waals surface area contributed by atoms with Gasteiger partial charge in [-0.2, -0.15) is 0 Å². The molecule has 1 heterocycles. The van der Waals surface area contributed by atoms with Gasteiger partial charge in [-0.15, -0.1) is 11.3 Å². The largest absolute Gasteiger partial charge is 0.306 e. The molecule has 0 aliphatic rings. The van der Waals surface area contributed by atoms with E-state index in [9.17, 15) is 0 Å². The van der Waals surface area contributed by atoms with Gasteiger partial charge in [-0.05, 0) is 32.2 Å². The summed E-state index contributed by atoms with van der Waals surface area (Å²) in [6.07, 6.45) is 3.52. The molecule has 0 radical (unpaired) electrons. The van der Waals surface area contributed by atoms with E-state index in [-0.39, 0.29) is 5.54 Å². The summed E-state index contributed by atoms with van der Waals surface area (Å²) in [6.45, 7) is 12.1. The SMILES string of the molecule is CCNC(CC)(CC(C)CC)c1nc(C)cs1. The fraction of sp³-hybridized carbons (Fsp3) is 0.786. The first-order chi connectivity index (χ1) is 8.07. The molecule has 0 aliphatic carbocycles. The van der Waals surface area contributed by atoms with Gasteiger partial charge >= 0.3 is 0 Å². The van der Waals surface area contributed by atoms with Gasteiger partial charge in [-0.3, -0.25) is 0 Å². The first-order valence-electron chi connectivity index (χ1n) is 6.75. The van der Waals surface area contributed by atoms with Crippen molar-refractivity contribution >= 4 is 11.3 Å². The van der Waals surface area contributed by atoms with Crippen molar-refractivity contribution in [1.29, 1.82) is 0 Å². The summed E-state index contributed by atoms with van der Waals surface area (Å²) >= 11 is 1.80. The lowest BCUT2D eigenvalue weighted by Gasteiger charge is -2.34. The van der Waals surface area contributed by atoms with Crippen LogP contribution >= 0.6 is 11.3 Å². The lowest BCUT2D eigenvalue weighted by Crippen LogP contribution is -2.43. The van der Waals surface area contributed by atoms with Crippen LogP contribution in [0.3, 0.4) is 0 Å². The van der Waals surface area contributed by atoms with Gasteiger partial charge in [0.15, 0.2) is 0 Å². The molecular formula is C14H26N2S. The van der Waals surface area contributed by atoms with Gasteiger partial charge in [-0.1, -0.05) is 34.1 Å². The Labute approximate surface area is 110 Å². The van der Waals surface area contributed by atoms with Crippen molar-refractivity contribution in [3.05, 3.63) is 16.1 Å². The average molecular weight is 254 g/mol. The minimum absolute atomic E-state index is 0.0864. The number of nitrogens with zero attached hydrogens (tertiary/aromatic N) is 1. The third-order valence-corrected chi connectivity index (χ3v) is 4.71. The van der Waals surface area contributed by atoms with Crippen LogP contribution in [-0.4, -0.2) is 11.5 Å². The summed E-state index contributed by atoms with van der Waals surface area (Å²) in [5.41, 5.74) is 1.23. The molecule has 0 saturated carbocycles. The zero-order chi connectivity index (χ0) is 12.9. The summed E-state index contributed by atoms with van der Waals surface area (Å²) in [5, 5.41) is 7.11. The molecule has 2 unspecified atom stereocenters. The molecule has 1 aromatic rings. The van der Waals surface area contributed by atoms with Crippen LogP contribution in [-0.2, 0) is 5.54 Å². The van der Waals surface area contributed by atoms with E-state index in [1.807, 2.05) is 0 Å². The molecule has 0 aromatic carbocycles. The maximum atomic E-state index is 4.72. The topological polar surface area (TPSA) is 24.9 Å². The average Bonchev–Trinajstić information content (AvgIpc) is 2.75. The highest BCUT2D eigenvalue weighted by molar-refractivity contribution is 7.09. The molecule has 1 aromatic heterocycles. The molecule has 0 amide bonds. The summed E-state index contributed by atoms with van der Waals surface area (Å²) in [7, 11) is 0. The van der Waals surface area contributed by atoms with Gasteiger partial charge in [-0.25, -0.2) is 4.98 Å². The van der Waals surface area contributed by atoms with Crippen molar-refractivity contribution in [2.45, 2.75) is 59.4 Å². The van der Waals surface area contributed by atoms with Crippen molar-refractivity contribution in [3.63, 3.8) is 0 Å². The van der Waals surface area contributed by atoms with Crippen LogP contribution in [0, 0.1) is 12.8 Å². The molecule has 0 fully saturated rings. The van der Waals surface area contributed by atoms with Gasteiger partial charge in [0, 0.05) is 11.1 Å². The van der Waals surface area contributed by atoms with Crippen LogP contribution in [0.25, 0.3) is 0 Å². The Morgan fingerprint density at radius 1 is 1.41 bits per heavy atom. The first-order valence-corrected chi connectivity index (χ1v) is 7.63. The Balaban J connectivity index is 2.98. The maximum Gasteiger partial charge on any atom is 0.113 e. The van der Waals surface area contributed by atoms with Crippen molar-refractivity contribution in [2.24, 2.45) is 5.92 Å². The van der Waals surface area contributed by atoms with Gasteiger partial charge < -0.3 is 5.32 Å². The second kappa shape index (κ2) is 6.50. The number of hydrogen-bond acceptors (Lipinski definition) is 3. The number of aryl methyl sites for hydroxylation is 1. The predicted octanol–water partition coefficient (Wildman–Crippen LogP) is 4.10. The van der Waals surface area contributed by atoms with Crippen LogP contribution in [0.2, 0.25) is 0 Å². The van der Waals surface area contributed by atoms with Gasteiger partial charge in [0.2, 0.25) is 0 Å². The lowest BCUT2D eigenvalue weighted by molar-refractivity contribution is 0.254. The van der Waals surface area contributed by atoms with Crippen LogP contribution < -0.4 is 5.32 Å². The van der Waals surface area contributed by atoms with E-state index in [1.165, 1.54) is 17.8 Å². The molecular weight excluding hydrogens is 228 g/mol. The quantitative estimate of drug-likeness (QED) is 0.792. The van der Waals surface area contributed by atoms with Gasteiger partial charge in [0.1, 0.15) is 5.01 Å². The smallest absolute Gasteiger partial charge is 0.113 e. The Morgan fingerprint density at radius 2 is 2.12 bits per heavy atom. The summed E-state index contributed by atoms with van der Waals surface area (Å²) in [4.78, 5) is 4.72. The standard InChI is InChI=1S/C14H26N2S/c1-6-11(4)9-14(7-2,15-8-3)13-16-12(5)10-17-13/h10-11,15H,6-9H2,1-5H3. The molecule has 0 saturated heterocycles. The lowest BCUT2D eigenvalue weighted by atomic mass is 9.85. The summed E-state index contributed by atoms with van der Waals surface area (Å²) in [6, 6.07) is 0. The number of nitrogens with one attached hydrogen (secondary N) is 1. The Hall–Kier alpha value is -0.410. The molecule has 17 heavy (non-hydrogen) atoms. The highest BCUT2D eigenvalue weighted by Crippen LogP contribution is 2.34. The molecule has 98 valence electrons. The van der Waals surface area contributed by atoms with Crippen LogP contribution in [0.4, 0.5) is 0 Å². The van der Waals surface area contributed by atoms with E-state index in [0.717, 1.165) is 24.6 Å². The van der Waals surface area contributed by atoms with Crippen molar-refractivity contribution < 1.29 is 0 Å². The maximum absolute atomic E-state index is 4.72. The third-order valence-electron chi connectivity index (χ3n) is 3.54. The fourth-order valence-electron chi connectivity index (χ4n) is 2.31. The third kappa shape index (κ3) is 3.52.